The summed E-state index contributed by atoms with van der Waals surface area (Å²) in [6.45, 7) is 4.18. The highest BCUT2D eigenvalue weighted by molar-refractivity contribution is 6.46. The Morgan fingerprint density at radius 1 is 1.12 bits per heavy atom. The van der Waals surface area contributed by atoms with E-state index in [1.807, 2.05) is 6.92 Å². The molecule has 0 aliphatic carbocycles. The Morgan fingerprint density at radius 2 is 1.88 bits per heavy atom. The van der Waals surface area contributed by atoms with Gasteiger partial charge in [-0.25, -0.2) is 4.39 Å². The Bertz CT molecular complexity index is 1060. The zero-order chi connectivity index (χ0) is 23.4. The van der Waals surface area contributed by atoms with Crippen molar-refractivity contribution in [3.8, 4) is 11.5 Å². The average molecular weight is 443 g/mol. The van der Waals surface area contributed by atoms with Gasteiger partial charge in [0.1, 0.15) is 11.6 Å². The van der Waals surface area contributed by atoms with E-state index >= 15 is 0 Å². The first-order valence-electron chi connectivity index (χ1n) is 10.2. The summed E-state index contributed by atoms with van der Waals surface area (Å²) >= 11 is 0. The normalized spacial score (nSPS) is 17.7. The maximum atomic E-state index is 13.7. The molecule has 0 saturated carbocycles. The molecular formula is C24H26FNO6. The van der Waals surface area contributed by atoms with Crippen molar-refractivity contribution in [2.75, 3.05) is 34.0 Å². The van der Waals surface area contributed by atoms with E-state index in [9.17, 15) is 19.1 Å². The number of hydrogen-bond donors (Lipinski definition) is 1. The number of Topliss-reactive ketones (excluding diaryl/α,β-unsaturated/α-hetero) is 1. The molecule has 1 fully saturated rings. The van der Waals surface area contributed by atoms with Crippen molar-refractivity contribution < 1.29 is 33.3 Å². The number of likely N-dealkylation sites (tertiary alicyclic amines) is 1. The van der Waals surface area contributed by atoms with Crippen LogP contribution in [0, 0.1) is 12.7 Å². The SMILES string of the molecule is CCOc1ccc(C2/C(=C(/O)c3ccc(F)c(C)c3)C(=O)C(=O)N2CCOC)cc1OC. The number of aliphatic hydroxyl groups is 1. The van der Waals surface area contributed by atoms with Gasteiger partial charge >= 0.3 is 0 Å². The molecule has 1 aliphatic heterocycles. The number of methoxy groups -OCH3 is 2. The molecule has 8 heteroatoms. The van der Waals surface area contributed by atoms with Crippen LogP contribution in [0.4, 0.5) is 4.39 Å². The second-order valence-corrected chi connectivity index (χ2v) is 7.29. The van der Waals surface area contributed by atoms with E-state index in [1.165, 1.54) is 37.3 Å². The van der Waals surface area contributed by atoms with Crippen molar-refractivity contribution in [2.45, 2.75) is 19.9 Å². The topological polar surface area (TPSA) is 85.3 Å². The molecule has 32 heavy (non-hydrogen) atoms. The molecule has 2 aromatic rings. The van der Waals surface area contributed by atoms with Crippen molar-refractivity contribution in [3.05, 3.63) is 64.5 Å². The summed E-state index contributed by atoms with van der Waals surface area (Å²) in [5.41, 5.74) is 1.03. The molecule has 1 N–H and O–H groups in total. The molecule has 3 rings (SSSR count). The maximum absolute atomic E-state index is 13.7. The minimum Gasteiger partial charge on any atom is -0.507 e. The van der Waals surface area contributed by atoms with E-state index < -0.39 is 23.5 Å². The van der Waals surface area contributed by atoms with Crippen LogP contribution in [0.25, 0.3) is 5.76 Å². The number of hydrogen-bond acceptors (Lipinski definition) is 6. The Labute approximate surface area is 186 Å². The van der Waals surface area contributed by atoms with Gasteiger partial charge in [0, 0.05) is 19.2 Å². The van der Waals surface area contributed by atoms with Crippen LogP contribution in [-0.2, 0) is 14.3 Å². The maximum Gasteiger partial charge on any atom is 0.295 e. The second kappa shape index (κ2) is 9.82. The number of nitrogens with zero attached hydrogens (tertiary/aromatic N) is 1. The molecule has 0 bridgehead atoms. The second-order valence-electron chi connectivity index (χ2n) is 7.29. The molecule has 0 spiro atoms. The molecule has 1 atom stereocenters. The summed E-state index contributed by atoms with van der Waals surface area (Å²) in [5, 5.41) is 11.0. The van der Waals surface area contributed by atoms with E-state index in [4.69, 9.17) is 14.2 Å². The fourth-order valence-electron chi connectivity index (χ4n) is 3.72. The minimum atomic E-state index is -0.875. The van der Waals surface area contributed by atoms with E-state index in [0.717, 1.165) is 0 Å². The third kappa shape index (κ3) is 4.31. The monoisotopic (exact) mass is 443 g/mol. The van der Waals surface area contributed by atoms with Crippen LogP contribution in [-0.4, -0.2) is 55.7 Å². The fourth-order valence-corrected chi connectivity index (χ4v) is 3.72. The standard InChI is InChI=1S/C24H26FNO6/c1-5-32-18-9-7-15(13-19(18)31-4)21-20(23(28)24(29)26(21)10-11-30-3)22(27)16-6-8-17(25)14(2)12-16/h6-9,12-13,21,27H,5,10-11H2,1-4H3/b22-20-. The molecular weight excluding hydrogens is 417 g/mol. The van der Waals surface area contributed by atoms with Crippen LogP contribution in [0.15, 0.2) is 42.0 Å². The Balaban J connectivity index is 2.19. The number of aliphatic hydroxyl groups excluding tert-OH is 1. The van der Waals surface area contributed by atoms with Crippen LogP contribution in [0.2, 0.25) is 0 Å². The van der Waals surface area contributed by atoms with E-state index in [2.05, 4.69) is 0 Å². The van der Waals surface area contributed by atoms with Gasteiger partial charge in [-0.3, -0.25) is 9.59 Å². The van der Waals surface area contributed by atoms with Gasteiger partial charge in [-0.05, 0) is 55.3 Å². The number of ether oxygens (including phenoxy) is 3. The van der Waals surface area contributed by atoms with Gasteiger partial charge in [0.15, 0.2) is 11.5 Å². The summed E-state index contributed by atoms with van der Waals surface area (Å²) in [4.78, 5) is 27.2. The van der Waals surface area contributed by atoms with Gasteiger partial charge in [0.2, 0.25) is 0 Å². The molecule has 1 unspecified atom stereocenters. The smallest absolute Gasteiger partial charge is 0.295 e. The van der Waals surface area contributed by atoms with Gasteiger partial charge in [-0.15, -0.1) is 0 Å². The number of carbonyl (C=O) groups excluding carboxylic acids is 2. The summed E-state index contributed by atoms with van der Waals surface area (Å²) in [7, 11) is 2.98. The molecule has 1 saturated heterocycles. The number of amides is 1. The lowest BCUT2D eigenvalue weighted by Crippen LogP contribution is -2.32. The van der Waals surface area contributed by atoms with Crippen molar-refractivity contribution in [2.24, 2.45) is 0 Å². The largest absolute Gasteiger partial charge is 0.507 e. The van der Waals surface area contributed by atoms with Gasteiger partial charge < -0.3 is 24.2 Å². The summed E-state index contributed by atoms with van der Waals surface area (Å²) < 4.78 is 29.8. The third-order valence-corrected chi connectivity index (χ3v) is 5.31. The van der Waals surface area contributed by atoms with Crippen LogP contribution >= 0.6 is 0 Å². The number of carbonyl (C=O) groups is 2. The molecule has 1 heterocycles. The molecule has 0 radical (unpaired) electrons. The highest BCUT2D eigenvalue weighted by Gasteiger charge is 2.46. The summed E-state index contributed by atoms with van der Waals surface area (Å²) in [6.07, 6.45) is 0. The third-order valence-electron chi connectivity index (χ3n) is 5.31. The predicted octanol–water partition coefficient (Wildman–Crippen LogP) is 3.61. The van der Waals surface area contributed by atoms with Gasteiger partial charge in [-0.2, -0.15) is 0 Å². The first-order chi connectivity index (χ1) is 15.3. The first-order valence-corrected chi connectivity index (χ1v) is 10.2. The van der Waals surface area contributed by atoms with Crippen molar-refractivity contribution in [1.82, 2.24) is 4.90 Å². The van der Waals surface area contributed by atoms with E-state index in [1.54, 1.807) is 25.1 Å². The van der Waals surface area contributed by atoms with Crippen molar-refractivity contribution in [3.63, 3.8) is 0 Å². The predicted molar refractivity (Wildman–Crippen MR) is 116 cm³/mol. The van der Waals surface area contributed by atoms with Crippen LogP contribution in [0.1, 0.15) is 29.7 Å². The Kier molecular flexibility index (Phi) is 7.15. The van der Waals surface area contributed by atoms with Crippen LogP contribution in [0.5, 0.6) is 11.5 Å². The van der Waals surface area contributed by atoms with Gasteiger partial charge in [-0.1, -0.05) is 6.07 Å². The Morgan fingerprint density at radius 3 is 2.50 bits per heavy atom. The lowest BCUT2D eigenvalue weighted by atomic mass is 9.94. The summed E-state index contributed by atoms with van der Waals surface area (Å²) in [5.74, 6) is -1.43. The zero-order valence-electron chi connectivity index (χ0n) is 18.5. The zero-order valence-corrected chi connectivity index (χ0v) is 18.5. The average Bonchev–Trinajstić information content (AvgIpc) is 3.04. The highest BCUT2D eigenvalue weighted by Crippen LogP contribution is 2.42. The van der Waals surface area contributed by atoms with Crippen molar-refractivity contribution in [1.29, 1.82) is 0 Å². The number of halogens is 1. The highest BCUT2D eigenvalue weighted by atomic mass is 19.1. The number of rotatable bonds is 8. The van der Waals surface area contributed by atoms with Gasteiger partial charge in [0.05, 0.1) is 31.9 Å². The van der Waals surface area contributed by atoms with E-state index in [0.29, 0.717) is 29.2 Å². The molecule has 170 valence electrons. The summed E-state index contributed by atoms with van der Waals surface area (Å²) in [6, 6.07) is 8.22. The lowest BCUT2D eigenvalue weighted by molar-refractivity contribution is -0.140. The number of benzene rings is 2. The van der Waals surface area contributed by atoms with Gasteiger partial charge in [0.25, 0.3) is 11.7 Å². The molecule has 1 amide bonds. The van der Waals surface area contributed by atoms with Crippen LogP contribution in [0.3, 0.4) is 0 Å². The fraction of sp³-hybridized carbons (Fsp3) is 0.333. The first kappa shape index (κ1) is 23.3. The quantitative estimate of drug-likeness (QED) is 0.381. The molecule has 0 aromatic heterocycles. The Hall–Kier alpha value is -3.39. The lowest BCUT2D eigenvalue weighted by Gasteiger charge is -2.25. The molecule has 2 aromatic carbocycles. The molecule has 1 aliphatic rings. The van der Waals surface area contributed by atoms with E-state index in [-0.39, 0.29) is 30.0 Å². The number of ketones is 1. The minimum absolute atomic E-state index is 0.0803. The molecule has 7 nitrogen and oxygen atoms in total. The number of aryl methyl sites for hydroxylation is 1. The van der Waals surface area contributed by atoms with Crippen LogP contribution < -0.4 is 9.47 Å². The van der Waals surface area contributed by atoms with Crippen molar-refractivity contribution >= 4 is 17.4 Å².